The molecule has 19 heavy (non-hydrogen) atoms. The highest BCUT2D eigenvalue weighted by Crippen LogP contribution is 2.19. The molecule has 0 radical (unpaired) electrons. The first-order valence-electron chi connectivity index (χ1n) is 6.13. The third-order valence-electron chi connectivity index (χ3n) is 3.16. The number of nitrogens with zero attached hydrogens (tertiary/aromatic N) is 1. The van der Waals surface area contributed by atoms with E-state index in [2.05, 4.69) is 10.6 Å². The number of hydrogen-bond donors (Lipinski definition) is 3. The van der Waals surface area contributed by atoms with Gasteiger partial charge in [-0.2, -0.15) is 0 Å². The van der Waals surface area contributed by atoms with E-state index in [-0.39, 0.29) is 28.9 Å². The van der Waals surface area contributed by atoms with Crippen molar-refractivity contribution in [1.29, 1.82) is 0 Å². The Morgan fingerprint density at radius 3 is 3.00 bits per heavy atom. The quantitative estimate of drug-likeness (QED) is 0.420. The normalized spacial score (nSPS) is 18.2. The molecule has 1 fully saturated rings. The minimum atomic E-state index is -0.547. The van der Waals surface area contributed by atoms with Gasteiger partial charge in [0, 0.05) is 30.4 Å². The topological polar surface area (TPSA) is 110 Å². The summed E-state index contributed by atoms with van der Waals surface area (Å²) in [6, 6.07) is 4.13. The van der Waals surface area contributed by atoms with Gasteiger partial charge in [-0.25, -0.2) is 0 Å². The lowest BCUT2D eigenvalue weighted by molar-refractivity contribution is -0.384. The molecule has 1 unspecified atom stereocenters. The van der Waals surface area contributed by atoms with Gasteiger partial charge >= 0.3 is 0 Å². The fourth-order valence-electron chi connectivity index (χ4n) is 2.10. The lowest BCUT2D eigenvalue weighted by Gasteiger charge is -2.12. The van der Waals surface area contributed by atoms with E-state index in [1.54, 1.807) is 0 Å². The average molecular weight is 264 g/mol. The minimum absolute atomic E-state index is 0.140. The van der Waals surface area contributed by atoms with Crippen molar-refractivity contribution in [3.8, 4) is 0 Å². The molecule has 0 spiro atoms. The molecule has 7 heteroatoms. The van der Waals surface area contributed by atoms with Crippen LogP contribution in [0.25, 0.3) is 0 Å². The number of anilines is 1. The average Bonchev–Trinajstić information content (AvgIpc) is 2.89. The van der Waals surface area contributed by atoms with E-state index >= 15 is 0 Å². The highest BCUT2D eigenvalue weighted by Gasteiger charge is 2.18. The highest BCUT2D eigenvalue weighted by molar-refractivity contribution is 5.99. The van der Waals surface area contributed by atoms with Crippen molar-refractivity contribution < 1.29 is 9.72 Å². The van der Waals surface area contributed by atoms with Gasteiger partial charge in [0.15, 0.2) is 0 Å². The first-order chi connectivity index (χ1) is 9.08. The summed E-state index contributed by atoms with van der Waals surface area (Å²) in [5.41, 5.74) is 5.92. The molecule has 1 aromatic rings. The zero-order valence-corrected chi connectivity index (χ0v) is 10.4. The van der Waals surface area contributed by atoms with Gasteiger partial charge in [0.1, 0.15) is 0 Å². The Balaban J connectivity index is 2.04. The van der Waals surface area contributed by atoms with Crippen LogP contribution in [0.5, 0.6) is 0 Å². The van der Waals surface area contributed by atoms with Crippen molar-refractivity contribution in [2.45, 2.75) is 18.9 Å². The van der Waals surface area contributed by atoms with Crippen molar-refractivity contribution in [2.24, 2.45) is 0 Å². The summed E-state index contributed by atoms with van der Waals surface area (Å²) in [4.78, 5) is 22.1. The molecular formula is C12H16N4O3. The van der Waals surface area contributed by atoms with E-state index in [4.69, 9.17) is 5.73 Å². The second-order valence-corrected chi connectivity index (χ2v) is 4.53. The SMILES string of the molecule is Nc1ccc([N+](=O)[O-])cc1C(=O)NCC1CCCN1. The van der Waals surface area contributed by atoms with Crippen molar-refractivity contribution in [1.82, 2.24) is 10.6 Å². The second-order valence-electron chi connectivity index (χ2n) is 4.53. The zero-order valence-electron chi connectivity index (χ0n) is 10.4. The van der Waals surface area contributed by atoms with Crippen LogP contribution in [0.15, 0.2) is 18.2 Å². The van der Waals surface area contributed by atoms with Crippen LogP contribution in [0, 0.1) is 10.1 Å². The second kappa shape index (κ2) is 5.66. The van der Waals surface area contributed by atoms with E-state index in [0.29, 0.717) is 6.54 Å². The third kappa shape index (κ3) is 3.19. The Labute approximate surface area is 110 Å². The molecule has 0 saturated carbocycles. The van der Waals surface area contributed by atoms with Gasteiger partial charge in [-0.1, -0.05) is 0 Å². The van der Waals surface area contributed by atoms with Gasteiger partial charge < -0.3 is 16.4 Å². The number of carbonyl (C=O) groups excluding carboxylic acids is 1. The first-order valence-corrected chi connectivity index (χ1v) is 6.13. The number of nitro benzene ring substituents is 1. The Morgan fingerprint density at radius 1 is 1.58 bits per heavy atom. The molecule has 4 N–H and O–H groups in total. The van der Waals surface area contributed by atoms with Crippen LogP contribution in [-0.2, 0) is 0 Å². The number of hydrogen-bond acceptors (Lipinski definition) is 5. The fraction of sp³-hybridized carbons (Fsp3) is 0.417. The lowest BCUT2D eigenvalue weighted by atomic mass is 10.1. The summed E-state index contributed by atoms with van der Waals surface area (Å²) in [5.74, 6) is -0.380. The zero-order chi connectivity index (χ0) is 13.8. The van der Waals surface area contributed by atoms with Crippen LogP contribution < -0.4 is 16.4 Å². The predicted molar refractivity (Wildman–Crippen MR) is 70.9 cm³/mol. The van der Waals surface area contributed by atoms with Gasteiger partial charge in [-0.05, 0) is 25.5 Å². The minimum Gasteiger partial charge on any atom is -0.398 e. The van der Waals surface area contributed by atoms with Crippen molar-refractivity contribution >= 4 is 17.3 Å². The monoisotopic (exact) mass is 264 g/mol. The molecule has 102 valence electrons. The summed E-state index contributed by atoms with van der Waals surface area (Å²) in [6.45, 7) is 1.46. The summed E-state index contributed by atoms with van der Waals surface area (Å²) in [6.07, 6.45) is 2.12. The van der Waals surface area contributed by atoms with E-state index in [1.807, 2.05) is 0 Å². The van der Waals surface area contributed by atoms with Crippen molar-refractivity contribution in [3.05, 3.63) is 33.9 Å². The molecule has 1 aliphatic rings. The molecule has 0 aliphatic carbocycles. The van der Waals surface area contributed by atoms with E-state index in [1.165, 1.54) is 18.2 Å². The number of rotatable bonds is 4. The molecule has 1 heterocycles. The maximum Gasteiger partial charge on any atom is 0.270 e. The van der Waals surface area contributed by atoms with Crippen LogP contribution in [0.2, 0.25) is 0 Å². The molecule has 0 aromatic heterocycles. The number of nitro groups is 1. The molecule has 1 saturated heterocycles. The van der Waals surface area contributed by atoms with Crippen LogP contribution >= 0.6 is 0 Å². The van der Waals surface area contributed by atoms with E-state index < -0.39 is 4.92 Å². The summed E-state index contributed by atoms with van der Waals surface area (Å²) < 4.78 is 0. The Morgan fingerprint density at radius 2 is 2.37 bits per heavy atom. The Hall–Kier alpha value is -2.15. The molecule has 7 nitrogen and oxygen atoms in total. The summed E-state index contributed by atoms with van der Waals surface area (Å²) in [5, 5.41) is 16.7. The number of nitrogen functional groups attached to an aromatic ring is 1. The van der Waals surface area contributed by atoms with Crippen LogP contribution in [-0.4, -0.2) is 30.0 Å². The molecule has 1 amide bonds. The largest absolute Gasteiger partial charge is 0.398 e. The van der Waals surface area contributed by atoms with E-state index in [0.717, 1.165) is 19.4 Å². The summed E-state index contributed by atoms with van der Waals surface area (Å²) in [7, 11) is 0. The van der Waals surface area contributed by atoms with E-state index in [9.17, 15) is 14.9 Å². The van der Waals surface area contributed by atoms with Crippen LogP contribution in [0.4, 0.5) is 11.4 Å². The summed E-state index contributed by atoms with van der Waals surface area (Å²) >= 11 is 0. The van der Waals surface area contributed by atoms with Gasteiger partial charge in [0.05, 0.1) is 10.5 Å². The third-order valence-corrected chi connectivity index (χ3v) is 3.16. The standard InChI is InChI=1S/C12H16N4O3/c13-11-4-3-9(16(18)19)6-10(11)12(17)15-7-8-2-1-5-14-8/h3-4,6,8,14H,1-2,5,7,13H2,(H,15,17). The molecule has 1 aliphatic heterocycles. The molecule has 1 atom stereocenters. The maximum atomic E-state index is 12.0. The lowest BCUT2D eigenvalue weighted by Crippen LogP contribution is -2.37. The molecule has 0 bridgehead atoms. The Bertz CT molecular complexity index is 498. The van der Waals surface area contributed by atoms with Gasteiger partial charge in [0.25, 0.3) is 11.6 Å². The predicted octanol–water partition coefficient (Wildman–Crippen LogP) is 0.659. The number of nitrogens with two attached hydrogens (primary N) is 1. The Kier molecular flexibility index (Phi) is 3.96. The molecule has 1 aromatic carbocycles. The number of benzene rings is 1. The first kappa shape index (κ1) is 13.3. The van der Waals surface area contributed by atoms with Crippen LogP contribution in [0.3, 0.4) is 0 Å². The van der Waals surface area contributed by atoms with Gasteiger partial charge in [-0.3, -0.25) is 14.9 Å². The number of nitrogens with one attached hydrogen (secondary N) is 2. The molecular weight excluding hydrogens is 248 g/mol. The highest BCUT2D eigenvalue weighted by atomic mass is 16.6. The molecule has 2 rings (SSSR count). The smallest absolute Gasteiger partial charge is 0.270 e. The fourth-order valence-corrected chi connectivity index (χ4v) is 2.10. The maximum absolute atomic E-state index is 12.0. The van der Waals surface area contributed by atoms with Crippen LogP contribution in [0.1, 0.15) is 23.2 Å². The van der Waals surface area contributed by atoms with Gasteiger partial charge in [0.2, 0.25) is 0 Å². The number of carbonyl (C=O) groups is 1. The number of amides is 1. The number of non-ortho nitro benzene ring substituents is 1. The van der Waals surface area contributed by atoms with Gasteiger partial charge in [-0.15, -0.1) is 0 Å². The van der Waals surface area contributed by atoms with Crippen molar-refractivity contribution in [3.63, 3.8) is 0 Å². The van der Waals surface area contributed by atoms with Crippen molar-refractivity contribution in [2.75, 3.05) is 18.8 Å².